The van der Waals surface area contributed by atoms with Crippen molar-refractivity contribution >= 4 is 22.4 Å². The van der Waals surface area contributed by atoms with E-state index >= 15 is 0 Å². The van der Waals surface area contributed by atoms with Gasteiger partial charge in [-0.15, -0.1) is 0 Å². The zero-order valence-electron chi connectivity index (χ0n) is 21.5. The molecule has 0 bridgehead atoms. The van der Waals surface area contributed by atoms with Crippen LogP contribution in [0.15, 0.2) is 54.7 Å². The number of anilines is 2. The Balaban J connectivity index is 1.42. The molecule has 0 saturated carbocycles. The number of nitrogens with zero attached hydrogens (tertiary/aromatic N) is 5. The first-order valence-electron chi connectivity index (χ1n) is 12.9. The van der Waals surface area contributed by atoms with Crippen LogP contribution in [0.2, 0.25) is 0 Å². The molecule has 1 N–H and O–H groups in total. The van der Waals surface area contributed by atoms with Gasteiger partial charge in [-0.3, -0.25) is 9.67 Å². The summed E-state index contributed by atoms with van der Waals surface area (Å²) in [5.41, 5.74) is 2.81. The molecule has 1 aliphatic carbocycles. The summed E-state index contributed by atoms with van der Waals surface area (Å²) in [4.78, 5) is 13.3. The van der Waals surface area contributed by atoms with Crippen molar-refractivity contribution in [3.8, 4) is 17.3 Å². The Hall–Kier alpha value is -4.54. The second-order valence-corrected chi connectivity index (χ2v) is 9.39. The van der Waals surface area contributed by atoms with Crippen LogP contribution in [0.5, 0.6) is 5.75 Å². The van der Waals surface area contributed by atoms with Gasteiger partial charge in [-0.05, 0) is 44.4 Å². The lowest BCUT2D eigenvalue weighted by Gasteiger charge is -2.12. The van der Waals surface area contributed by atoms with Crippen molar-refractivity contribution in [2.24, 2.45) is 0 Å². The first kappa shape index (κ1) is 25.7. The normalized spacial score (nSPS) is 12.8. The summed E-state index contributed by atoms with van der Waals surface area (Å²) in [5.74, 6) is -0.510. The first-order chi connectivity index (χ1) is 19.4. The molecule has 40 heavy (non-hydrogen) atoms. The van der Waals surface area contributed by atoms with E-state index in [1.165, 1.54) is 16.9 Å². The third-order valence-corrected chi connectivity index (χ3v) is 6.80. The summed E-state index contributed by atoms with van der Waals surface area (Å²) < 4.78 is 63.0. The summed E-state index contributed by atoms with van der Waals surface area (Å²) in [6.07, 6.45) is 0.983. The van der Waals surface area contributed by atoms with Crippen LogP contribution in [0.3, 0.4) is 0 Å². The van der Waals surface area contributed by atoms with Gasteiger partial charge in [0.1, 0.15) is 34.6 Å². The zero-order valence-corrected chi connectivity index (χ0v) is 21.5. The summed E-state index contributed by atoms with van der Waals surface area (Å²) in [6.45, 7) is 1.87. The molecule has 2 aromatic carbocycles. The number of aryl methyl sites for hydroxylation is 1. The highest BCUT2D eigenvalue weighted by Crippen LogP contribution is 2.34. The molecule has 3 aromatic heterocycles. The van der Waals surface area contributed by atoms with E-state index in [0.29, 0.717) is 33.9 Å². The zero-order chi connectivity index (χ0) is 27.8. The molecule has 0 saturated heterocycles. The number of fused-ring (bicyclic) bond motifs is 2. The van der Waals surface area contributed by atoms with E-state index in [-0.39, 0.29) is 30.2 Å². The molecule has 0 atom stereocenters. The van der Waals surface area contributed by atoms with E-state index in [2.05, 4.69) is 10.3 Å². The summed E-state index contributed by atoms with van der Waals surface area (Å²) in [7, 11) is 0. The smallest absolute Gasteiger partial charge is 0.280 e. The highest BCUT2D eigenvalue weighted by molar-refractivity contribution is 5.92. The van der Waals surface area contributed by atoms with E-state index in [9.17, 15) is 17.6 Å². The molecule has 7 nitrogen and oxygen atoms in total. The standard InChI is InChI=1S/C29H24F4N6O/c1-2-40-17-13-21(30)20(22(31)14-17)15-39-25-9-4-3-6-19(25)26(38-39)29-36-23-8-5-7-18(23)28(37-29)35-16-10-11-34-24(12-16)27(32)33/h3-4,6,9-14,27H,2,5,7-8,15H2,1H3,(H,34,35,36,37). The van der Waals surface area contributed by atoms with E-state index in [4.69, 9.17) is 19.8 Å². The topological polar surface area (TPSA) is 77.8 Å². The van der Waals surface area contributed by atoms with Crippen LogP contribution in [0.1, 0.15) is 42.3 Å². The third kappa shape index (κ3) is 4.83. The minimum atomic E-state index is -2.70. The molecule has 6 rings (SSSR count). The maximum atomic E-state index is 14.9. The molecule has 0 unspecified atom stereocenters. The van der Waals surface area contributed by atoms with Crippen molar-refractivity contribution in [3.63, 3.8) is 0 Å². The highest BCUT2D eigenvalue weighted by Gasteiger charge is 2.24. The Morgan fingerprint density at radius 1 is 1.02 bits per heavy atom. The third-order valence-electron chi connectivity index (χ3n) is 6.80. The molecule has 0 fully saturated rings. The van der Waals surface area contributed by atoms with Crippen LogP contribution >= 0.6 is 0 Å². The van der Waals surface area contributed by atoms with Gasteiger partial charge < -0.3 is 10.1 Å². The lowest BCUT2D eigenvalue weighted by atomic mass is 10.1. The fraction of sp³-hybridized carbons (Fsp3) is 0.241. The highest BCUT2D eigenvalue weighted by atomic mass is 19.3. The largest absolute Gasteiger partial charge is 0.494 e. The number of para-hydroxylation sites is 1. The number of benzene rings is 2. The number of nitrogens with one attached hydrogen (secondary N) is 1. The Labute approximate surface area is 226 Å². The lowest BCUT2D eigenvalue weighted by molar-refractivity contribution is 0.146. The van der Waals surface area contributed by atoms with Gasteiger partial charge in [0, 0.05) is 46.2 Å². The minimum absolute atomic E-state index is 0.119. The van der Waals surface area contributed by atoms with Crippen LogP contribution in [-0.4, -0.2) is 31.3 Å². The average Bonchev–Trinajstić information content (AvgIpc) is 3.56. The lowest BCUT2D eigenvalue weighted by Crippen LogP contribution is -2.08. The van der Waals surface area contributed by atoms with Gasteiger partial charge in [0.15, 0.2) is 5.82 Å². The van der Waals surface area contributed by atoms with Crippen LogP contribution in [0.4, 0.5) is 29.1 Å². The number of hydrogen-bond donors (Lipinski definition) is 1. The minimum Gasteiger partial charge on any atom is -0.494 e. The Kier molecular flexibility index (Phi) is 6.79. The average molecular weight is 549 g/mol. The van der Waals surface area contributed by atoms with Crippen molar-refractivity contribution in [2.75, 3.05) is 11.9 Å². The molecule has 3 heterocycles. The predicted molar refractivity (Wildman–Crippen MR) is 142 cm³/mol. The van der Waals surface area contributed by atoms with Crippen molar-refractivity contribution < 1.29 is 22.3 Å². The number of halogens is 4. The second kappa shape index (κ2) is 10.6. The van der Waals surface area contributed by atoms with Gasteiger partial charge >= 0.3 is 0 Å². The van der Waals surface area contributed by atoms with Gasteiger partial charge in [0.2, 0.25) is 0 Å². The first-order valence-corrected chi connectivity index (χ1v) is 12.9. The van der Waals surface area contributed by atoms with Gasteiger partial charge in [-0.2, -0.15) is 5.10 Å². The van der Waals surface area contributed by atoms with Crippen molar-refractivity contribution in [1.29, 1.82) is 0 Å². The van der Waals surface area contributed by atoms with Crippen LogP contribution in [-0.2, 0) is 19.4 Å². The molecule has 0 radical (unpaired) electrons. The fourth-order valence-electron chi connectivity index (χ4n) is 4.97. The molecule has 11 heteroatoms. The van der Waals surface area contributed by atoms with Crippen LogP contribution in [0, 0.1) is 11.6 Å². The molecule has 5 aromatic rings. The van der Waals surface area contributed by atoms with Gasteiger partial charge in [0.25, 0.3) is 6.43 Å². The number of pyridine rings is 1. The monoisotopic (exact) mass is 548 g/mol. The SMILES string of the molecule is CCOc1cc(F)c(Cn2nc(-c3nc4c(c(Nc5ccnc(C(F)F)c5)n3)CCC4)c3ccccc32)c(F)c1. The predicted octanol–water partition coefficient (Wildman–Crippen LogP) is 6.78. The molecular weight excluding hydrogens is 524 g/mol. The van der Waals surface area contributed by atoms with E-state index < -0.39 is 18.1 Å². The number of alkyl halides is 2. The van der Waals surface area contributed by atoms with Crippen LogP contribution in [0.25, 0.3) is 22.4 Å². The Morgan fingerprint density at radius 2 is 1.82 bits per heavy atom. The van der Waals surface area contributed by atoms with Crippen molar-refractivity contribution in [1.82, 2.24) is 24.7 Å². The summed E-state index contributed by atoms with van der Waals surface area (Å²) in [6, 6.07) is 12.5. The second-order valence-electron chi connectivity index (χ2n) is 9.39. The Morgan fingerprint density at radius 3 is 2.60 bits per heavy atom. The van der Waals surface area contributed by atoms with Crippen molar-refractivity contribution in [3.05, 3.63) is 88.9 Å². The van der Waals surface area contributed by atoms with E-state index in [1.54, 1.807) is 13.0 Å². The molecule has 0 aliphatic heterocycles. The van der Waals surface area contributed by atoms with E-state index in [1.807, 2.05) is 24.3 Å². The fourth-order valence-corrected chi connectivity index (χ4v) is 4.97. The maximum absolute atomic E-state index is 14.9. The van der Waals surface area contributed by atoms with Gasteiger partial charge in [0.05, 0.1) is 18.7 Å². The van der Waals surface area contributed by atoms with Gasteiger partial charge in [-0.1, -0.05) is 18.2 Å². The summed E-state index contributed by atoms with van der Waals surface area (Å²) in [5, 5.41) is 8.57. The van der Waals surface area contributed by atoms with Crippen LogP contribution < -0.4 is 10.1 Å². The van der Waals surface area contributed by atoms with E-state index in [0.717, 1.165) is 42.7 Å². The summed E-state index contributed by atoms with van der Waals surface area (Å²) >= 11 is 0. The quantitative estimate of drug-likeness (QED) is 0.215. The van der Waals surface area contributed by atoms with Gasteiger partial charge in [-0.25, -0.2) is 27.5 Å². The maximum Gasteiger partial charge on any atom is 0.280 e. The molecule has 204 valence electrons. The molecule has 0 amide bonds. The number of rotatable bonds is 8. The molecular formula is C29H24F4N6O. The number of aromatic nitrogens is 5. The van der Waals surface area contributed by atoms with Crippen molar-refractivity contribution in [2.45, 2.75) is 39.2 Å². The molecule has 1 aliphatic rings. The number of ether oxygens (including phenoxy) is 1. The Bertz CT molecular complexity index is 1700. The number of hydrogen-bond acceptors (Lipinski definition) is 6. The molecule has 0 spiro atoms.